The standard InChI is InChI=1S/C16H17N3O3/c20-16(21)19-10-5-6-11(19)8-12(7-10)22-15-9-17-13-3-1-2-4-14(13)18-15/h1-4,9-12H,5-8H2,(H,20,21)/t10-,11+,12+. The van der Waals surface area contributed by atoms with E-state index in [-0.39, 0.29) is 18.2 Å². The lowest BCUT2D eigenvalue weighted by Gasteiger charge is -2.36. The number of para-hydroxylation sites is 2. The summed E-state index contributed by atoms with van der Waals surface area (Å²) in [4.78, 5) is 21.7. The Labute approximate surface area is 127 Å². The van der Waals surface area contributed by atoms with Crippen LogP contribution in [0.5, 0.6) is 5.88 Å². The highest BCUT2D eigenvalue weighted by molar-refractivity contribution is 5.73. The van der Waals surface area contributed by atoms with Crippen molar-refractivity contribution >= 4 is 17.1 Å². The highest BCUT2D eigenvalue weighted by Gasteiger charge is 2.44. The van der Waals surface area contributed by atoms with Gasteiger partial charge in [-0.15, -0.1) is 0 Å². The van der Waals surface area contributed by atoms with Crippen LogP contribution in [0.25, 0.3) is 11.0 Å². The van der Waals surface area contributed by atoms with E-state index in [2.05, 4.69) is 9.97 Å². The summed E-state index contributed by atoms with van der Waals surface area (Å²) >= 11 is 0. The minimum absolute atomic E-state index is 0.0172. The molecule has 2 saturated heterocycles. The van der Waals surface area contributed by atoms with E-state index in [0.29, 0.717) is 5.88 Å². The highest BCUT2D eigenvalue weighted by Crippen LogP contribution is 2.37. The lowest BCUT2D eigenvalue weighted by Crippen LogP contribution is -2.48. The Kier molecular flexibility index (Phi) is 3.10. The Bertz CT molecular complexity index is 707. The van der Waals surface area contributed by atoms with Crippen LogP contribution in [-0.2, 0) is 0 Å². The number of nitrogens with zero attached hydrogens (tertiary/aromatic N) is 3. The van der Waals surface area contributed by atoms with Gasteiger partial charge in [0.2, 0.25) is 5.88 Å². The molecule has 2 aliphatic heterocycles. The van der Waals surface area contributed by atoms with E-state index in [1.54, 1.807) is 11.1 Å². The monoisotopic (exact) mass is 299 g/mol. The van der Waals surface area contributed by atoms with Crippen molar-refractivity contribution in [2.24, 2.45) is 0 Å². The average Bonchev–Trinajstić information content (AvgIpc) is 2.79. The van der Waals surface area contributed by atoms with Crippen LogP contribution in [0.15, 0.2) is 30.5 Å². The molecule has 0 radical (unpaired) electrons. The van der Waals surface area contributed by atoms with E-state index in [4.69, 9.17) is 4.74 Å². The van der Waals surface area contributed by atoms with Crippen LogP contribution in [-0.4, -0.2) is 44.3 Å². The molecule has 2 fully saturated rings. The predicted octanol–water partition coefficient (Wildman–Crippen LogP) is 2.68. The van der Waals surface area contributed by atoms with Gasteiger partial charge >= 0.3 is 6.09 Å². The molecule has 1 N–H and O–H groups in total. The van der Waals surface area contributed by atoms with Crippen molar-refractivity contribution in [3.8, 4) is 5.88 Å². The predicted molar refractivity (Wildman–Crippen MR) is 79.9 cm³/mol. The van der Waals surface area contributed by atoms with Crippen LogP contribution in [0.1, 0.15) is 25.7 Å². The normalized spacial score (nSPS) is 27.1. The molecular formula is C16H17N3O3. The molecule has 6 heteroatoms. The van der Waals surface area contributed by atoms with Gasteiger partial charge in [-0.2, -0.15) is 0 Å². The maximum atomic E-state index is 11.3. The van der Waals surface area contributed by atoms with Crippen molar-refractivity contribution < 1.29 is 14.6 Å². The molecular weight excluding hydrogens is 282 g/mol. The molecule has 0 saturated carbocycles. The molecule has 22 heavy (non-hydrogen) atoms. The second-order valence-electron chi connectivity index (χ2n) is 5.98. The second kappa shape index (κ2) is 5.12. The molecule has 3 heterocycles. The van der Waals surface area contributed by atoms with Gasteiger partial charge in [0.05, 0.1) is 17.2 Å². The topological polar surface area (TPSA) is 75.5 Å². The van der Waals surface area contributed by atoms with Gasteiger partial charge in [-0.3, -0.25) is 0 Å². The first kappa shape index (κ1) is 13.3. The molecule has 2 aliphatic rings. The number of hydrogen-bond donors (Lipinski definition) is 1. The SMILES string of the molecule is O=C(O)N1[C@@H]2CC[C@H]1C[C@@H](Oc1cnc3ccccc3n1)C2. The summed E-state index contributed by atoms with van der Waals surface area (Å²) in [7, 11) is 0. The van der Waals surface area contributed by atoms with Crippen molar-refractivity contribution in [1.29, 1.82) is 0 Å². The van der Waals surface area contributed by atoms with Crippen molar-refractivity contribution in [1.82, 2.24) is 14.9 Å². The van der Waals surface area contributed by atoms with Crippen LogP contribution >= 0.6 is 0 Å². The molecule has 0 unspecified atom stereocenters. The molecule has 114 valence electrons. The number of rotatable bonds is 2. The number of fused-ring (bicyclic) bond motifs is 3. The van der Waals surface area contributed by atoms with E-state index in [9.17, 15) is 9.90 Å². The quantitative estimate of drug-likeness (QED) is 0.922. The Hall–Kier alpha value is -2.37. The van der Waals surface area contributed by atoms with Gasteiger partial charge in [-0.25, -0.2) is 14.8 Å². The summed E-state index contributed by atoms with van der Waals surface area (Å²) in [6.45, 7) is 0. The Morgan fingerprint density at radius 1 is 1.18 bits per heavy atom. The van der Waals surface area contributed by atoms with E-state index in [1.807, 2.05) is 24.3 Å². The van der Waals surface area contributed by atoms with E-state index in [1.165, 1.54) is 0 Å². The van der Waals surface area contributed by atoms with Crippen LogP contribution in [0.3, 0.4) is 0 Å². The molecule has 2 aromatic rings. The first-order valence-corrected chi connectivity index (χ1v) is 7.60. The number of carbonyl (C=O) groups is 1. The fourth-order valence-electron chi connectivity index (χ4n) is 3.70. The zero-order valence-corrected chi connectivity index (χ0v) is 12.1. The smallest absolute Gasteiger partial charge is 0.407 e. The van der Waals surface area contributed by atoms with Crippen LogP contribution in [0.4, 0.5) is 4.79 Å². The minimum atomic E-state index is -0.809. The number of carboxylic acid groups (broad SMARTS) is 1. The van der Waals surface area contributed by atoms with Gasteiger partial charge in [0, 0.05) is 24.9 Å². The van der Waals surface area contributed by atoms with Crippen molar-refractivity contribution in [2.75, 3.05) is 0 Å². The first-order valence-electron chi connectivity index (χ1n) is 7.60. The number of amides is 1. The molecule has 1 aromatic heterocycles. The molecule has 0 spiro atoms. The number of hydrogen-bond acceptors (Lipinski definition) is 4. The minimum Gasteiger partial charge on any atom is -0.473 e. The van der Waals surface area contributed by atoms with E-state index >= 15 is 0 Å². The first-order chi connectivity index (χ1) is 10.7. The van der Waals surface area contributed by atoms with Crippen molar-refractivity contribution in [2.45, 2.75) is 43.9 Å². The Morgan fingerprint density at radius 3 is 2.55 bits per heavy atom. The fourth-order valence-corrected chi connectivity index (χ4v) is 3.70. The largest absolute Gasteiger partial charge is 0.473 e. The molecule has 1 aromatic carbocycles. The number of ether oxygens (including phenoxy) is 1. The molecule has 1 amide bonds. The number of aromatic nitrogens is 2. The lowest BCUT2D eigenvalue weighted by molar-refractivity contribution is 0.0477. The third-order valence-corrected chi connectivity index (χ3v) is 4.62. The summed E-state index contributed by atoms with van der Waals surface area (Å²) < 4.78 is 5.98. The average molecular weight is 299 g/mol. The van der Waals surface area contributed by atoms with E-state index < -0.39 is 6.09 Å². The zero-order chi connectivity index (χ0) is 15.1. The Morgan fingerprint density at radius 2 is 1.86 bits per heavy atom. The lowest BCUT2D eigenvalue weighted by atomic mass is 10.0. The summed E-state index contributed by atoms with van der Waals surface area (Å²) in [5.74, 6) is 0.520. The molecule has 2 bridgehead atoms. The van der Waals surface area contributed by atoms with Gasteiger partial charge in [0.1, 0.15) is 6.10 Å². The summed E-state index contributed by atoms with van der Waals surface area (Å²) in [5.41, 5.74) is 1.65. The highest BCUT2D eigenvalue weighted by atomic mass is 16.5. The van der Waals surface area contributed by atoms with Gasteiger partial charge in [0.15, 0.2) is 0 Å². The Balaban J connectivity index is 1.51. The third kappa shape index (κ3) is 2.24. The summed E-state index contributed by atoms with van der Waals surface area (Å²) in [5, 5.41) is 9.28. The molecule has 3 atom stereocenters. The second-order valence-corrected chi connectivity index (χ2v) is 5.98. The third-order valence-electron chi connectivity index (χ3n) is 4.62. The van der Waals surface area contributed by atoms with Gasteiger partial charge in [-0.1, -0.05) is 12.1 Å². The van der Waals surface area contributed by atoms with Crippen molar-refractivity contribution in [3.63, 3.8) is 0 Å². The van der Waals surface area contributed by atoms with Crippen LogP contribution in [0, 0.1) is 0 Å². The van der Waals surface area contributed by atoms with Crippen LogP contribution in [0.2, 0.25) is 0 Å². The number of benzene rings is 1. The maximum Gasteiger partial charge on any atom is 0.407 e. The molecule has 6 nitrogen and oxygen atoms in total. The summed E-state index contributed by atoms with van der Waals surface area (Å²) in [6, 6.07) is 7.83. The van der Waals surface area contributed by atoms with Crippen LogP contribution < -0.4 is 4.74 Å². The summed E-state index contributed by atoms with van der Waals surface area (Å²) in [6.07, 6.45) is 4.18. The van der Waals surface area contributed by atoms with Gasteiger partial charge in [0.25, 0.3) is 0 Å². The van der Waals surface area contributed by atoms with Gasteiger partial charge < -0.3 is 14.7 Å². The van der Waals surface area contributed by atoms with E-state index in [0.717, 1.165) is 36.7 Å². The zero-order valence-electron chi connectivity index (χ0n) is 12.1. The fraction of sp³-hybridized carbons (Fsp3) is 0.438. The molecule has 4 rings (SSSR count). The maximum absolute atomic E-state index is 11.3. The van der Waals surface area contributed by atoms with Crippen molar-refractivity contribution in [3.05, 3.63) is 30.5 Å². The number of piperidine rings is 1. The molecule has 0 aliphatic carbocycles. The van der Waals surface area contributed by atoms with Gasteiger partial charge in [-0.05, 0) is 25.0 Å².